The van der Waals surface area contributed by atoms with E-state index in [-0.39, 0.29) is 29.8 Å². The minimum Gasteiger partial charge on any atom is -0.392 e. The minimum absolute atomic E-state index is 0.00736. The summed E-state index contributed by atoms with van der Waals surface area (Å²) in [6.45, 7) is 1.28. The highest BCUT2D eigenvalue weighted by Gasteiger charge is 2.39. The lowest BCUT2D eigenvalue weighted by Crippen LogP contribution is -2.53. The van der Waals surface area contributed by atoms with Gasteiger partial charge >= 0.3 is 0 Å². The van der Waals surface area contributed by atoms with Gasteiger partial charge in [-0.1, -0.05) is 6.42 Å². The Bertz CT molecular complexity index is 625. The molecule has 0 spiro atoms. The average molecular weight is 328 g/mol. The van der Waals surface area contributed by atoms with Gasteiger partial charge in [-0.05, 0) is 49.9 Å². The molecular formula is C19H24N2O3. The van der Waals surface area contributed by atoms with Crippen LogP contribution in [0.3, 0.4) is 0 Å². The molecule has 3 aliphatic rings. The number of likely N-dealkylation sites (tertiary alicyclic amines) is 1. The van der Waals surface area contributed by atoms with Crippen molar-refractivity contribution in [1.29, 1.82) is 0 Å². The van der Waals surface area contributed by atoms with E-state index in [0.29, 0.717) is 30.3 Å². The molecule has 2 atom stereocenters. The second kappa shape index (κ2) is 6.20. The monoisotopic (exact) mass is 328 g/mol. The fourth-order valence-electron chi connectivity index (χ4n) is 4.02. The van der Waals surface area contributed by atoms with Crippen molar-refractivity contribution in [2.75, 3.05) is 13.1 Å². The number of piperidine rings is 1. The first kappa shape index (κ1) is 15.6. The predicted molar refractivity (Wildman–Crippen MR) is 89.7 cm³/mol. The fourth-order valence-corrected chi connectivity index (χ4v) is 4.02. The van der Waals surface area contributed by atoms with E-state index in [2.05, 4.69) is 5.32 Å². The van der Waals surface area contributed by atoms with Crippen LogP contribution in [0, 0.1) is 11.8 Å². The molecule has 5 heteroatoms. The van der Waals surface area contributed by atoms with Gasteiger partial charge in [-0.25, -0.2) is 0 Å². The maximum atomic E-state index is 12.8. The second-order valence-corrected chi connectivity index (χ2v) is 7.48. The summed E-state index contributed by atoms with van der Waals surface area (Å²) in [6, 6.07) is 7.27. The Morgan fingerprint density at radius 1 is 0.958 bits per heavy atom. The summed E-state index contributed by atoms with van der Waals surface area (Å²) in [6.07, 6.45) is 5.02. The molecule has 0 aromatic heterocycles. The van der Waals surface area contributed by atoms with Gasteiger partial charge in [0.15, 0.2) is 0 Å². The number of carbonyl (C=O) groups is 2. The molecule has 1 heterocycles. The van der Waals surface area contributed by atoms with Crippen LogP contribution in [0.4, 0.5) is 0 Å². The van der Waals surface area contributed by atoms with Gasteiger partial charge in [0.25, 0.3) is 11.8 Å². The summed E-state index contributed by atoms with van der Waals surface area (Å²) in [4.78, 5) is 26.6. The molecule has 24 heavy (non-hydrogen) atoms. The van der Waals surface area contributed by atoms with E-state index >= 15 is 0 Å². The van der Waals surface area contributed by atoms with E-state index < -0.39 is 0 Å². The summed E-state index contributed by atoms with van der Waals surface area (Å²) in [5.74, 6) is 0.371. The van der Waals surface area contributed by atoms with Crippen molar-refractivity contribution in [3.8, 4) is 0 Å². The van der Waals surface area contributed by atoms with Crippen molar-refractivity contribution in [3.63, 3.8) is 0 Å². The Hall–Kier alpha value is -1.88. The molecule has 2 saturated carbocycles. The molecule has 0 radical (unpaired) electrons. The number of amides is 2. The number of aliphatic hydroxyl groups is 1. The van der Waals surface area contributed by atoms with Crippen LogP contribution in [-0.2, 0) is 0 Å². The van der Waals surface area contributed by atoms with Crippen LogP contribution in [0.25, 0.3) is 0 Å². The van der Waals surface area contributed by atoms with E-state index in [1.165, 1.54) is 0 Å². The van der Waals surface area contributed by atoms with Crippen LogP contribution in [0.15, 0.2) is 24.3 Å². The van der Waals surface area contributed by atoms with Gasteiger partial charge in [-0.2, -0.15) is 0 Å². The van der Waals surface area contributed by atoms with Crippen LogP contribution in [0.2, 0.25) is 0 Å². The summed E-state index contributed by atoms with van der Waals surface area (Å²) >= 11 is 0. The Kier molecular flexibility index (Phi) is 4.04. The third kappa shape index (κ3) is 3.05. The maximum Gasteiger partial charge on any atom is 0.253 e. The third-order valence-corrected chi connectivity index (χ3v) is 5.62. The zero-order chi connectivity index (χ0) is 16.7. The number of carbonyl (C=O) groups excluding carboxylic acids is 2. The standard InChI is InChI=1S/C19H24N2O3/c22-17-14-2-1-3-15(17)11-21(10-14)19(24)13-6-4-12(5-7-13)18(23)20-16-8-9-16/h4-7,14-17,22H,1-3,8-11H2,(H,20,23). The summed E-state index contributed by atoms with van der Waals surface area (Å²) < 4.78 is 0. The molecule has 1 aromatic rings. The smallest absolute Gasteiger partial charge is 0.253 e. The molecule has 1 aromatic carbocycles. The Morgan fingerprint density at radius 3 is 2.12 bits per heavy atom. The first-order chi connectivity index (χ1) is 11.6. The molecule has 2 unspecified atom stereocenters. The SMILES string of the molecule is O=C(NC1CC1)c1ccc(C(=O)N2CC3CCCC(C2)C3O)cc1. The number of aliphatic hydroxyl groups excluding tert-OH is 1. The number of rotatable bonds is 3. The molecule has 1 saturated heterocycles. The van der Waals surface area contributed by atoms with E-state index in [9.17, 15) is 14.7 Å². The fraction of sp³-hybridized carbons (Fsp3) is 0.579. The van der Waals surface area contributed by atoms with Crippen LogP contribution in [-0.4, -0.2) is 47.1 Å². The lowest BCUT2D eigenvalue weighted by atomic mass is 9.75. The van der Waals surface area contributed by atoms with E-state index in [0.717, 1.165) is 32.1 Å². The molecule has 3 fully saturated rings. The molecule has 2 bridgehead atoms. The number of hydrogen-bond donors (Lipinski definition) is 2. The first-order valence-electron chi connectivity index (χ1n) is 9.00. The highest BCUT2D eigenvalue weighted by Crippen LogP contribution is 2.35. The first-order valence-corrected chi connectivity index (χ1v) is 9.00. The average Bonchev–Trinajstić information content (AvgIpc) is 3.38. The minimum atomic E-state index is -0.253. The van der Waals surface area contributed by atoms with Gasteiger partial charge in [0.05, 0.1) is 6.10 Å². The van der Waals surface area contributed by atoms with Crippen molar-refractivity contribution in [1.82, 2.24) is 10.2 Å². The lowest BCUT2D eigenvalue weighted by molar-refractivity contribution is -0.0413. The van der Waals surface area contributed by atoms with Gasteiger partial charge in [0.2, 0.25) is 0 Å². The van der Waals surface area contributed by atoms with Crippen molar-refractivity contribution < 1.29 is 14.7 Å². The van der Waals surface area contributed by atoms with Crippen LogP contribution in [0.5, 0.6) is 0 Å². The molecule has 1 aliphatic heterocycles. The Balaban J connectivity index is 1.43. The lowest BCUT2D eigenvalue weighted by Gasteiger charge is -2.45. The van der Waals surface area contributed by atoms with E-state index in [1.807, 2.05) is 4.90 Å². The number of hydrogen-bond acceptors (Lipinski definition) is 3. The van der Waals surface area contributed by atoms with Gasteiger partial charge in [0, 0.05) is 42.1 Å². The van der Waals surface area contributed by atoms with Crippen LogP contribution in [0.1, 0.15) is 52.8 Å². The van der Waals surface area contributed by atoms with Crippen molar-refractivity contribution in [2.24, 2.45) is 11.8 Å². The predicted octanol–water partition coefficient (Wildman–Crippen LogP) is 1.81. The normalized spacial score (nSPS) is 29.2. The van der Waals surface area contributed by atoms with E-state index in [1.54, 1.807) is 24.3 Å². The molecular weight excluding hydrogens is 304 g/mol. The number of nitrogens with zero attached hydrogens (tertiary/aromatic N) is 1. The van der Waals surface area contributed by atoms with Gasteiger partial charge < -0.3 is 15.3 Å². The molecule has 5 nitrogen and oxygen atoms in total. The Morgan fingerprint density at radius 2 is 1.54 bits per heavy atom. The quantitative estimate of drug-likeness (QED) is 0.889. The zero-order valence-corrected chi connectivity index (χ0v) is 13.8. The number of nitrogens with one attached hydrogen (secondary N) is 1. The van der Waals surface area contributed by atoms with Crippen molar-refractivity contribution >= 4 is 11.8 Å². The van der Waals surface area contributed by atoms with Crippen LogP contribution < -0.4 is 5.32 Å². The summed E-state index contributed by atoms with van der Waals surface area (Å²) in [5, 5.41) is 13.2. The third-order valence-electron chi connectivity index (χ3n) is 5.62. The Labute approximate surface area is 142 Å². The van der Waals surface area contributed by atoms with E-state index in [4.69, 9.17) is 0 Å². The molecule has 2 N–H and O–H groups in total. The number of benzene rings is 1. The maximum absolute atomic E-state index is 12.8. The molecule has 2 aliphatic carbocycles. The van der Waals surface area contributed by atoms with Gasteiger partial charge in [-0.15, -0.1) is 0 Å². The van der Waals surface area contributed by atoms with Gasteiger partial charge in [0.1, 0.15) is 0 Å². The highest BCUT2D eigenvalue weighted by atomic mass is 16.3. The summed E-state index contributed by atoms with van der Waals surface area (Å²) in [5.41, 5.74) is 1.22. The summed E-state index contributed by atoms with van der Waals surface area (Å²) in [7, 11) is 0. The molecule has 2 amide bonds. The van der Waals surface area contributed by atoms with Crippen molar-refractivity contribution in [2.45, 2.75) is 44.2 Å². The second-order valence-electron chi connectivity index (χ2n) is 7.48. The zero-order valence-electron chi connectivity index (χ0n) is 13.8. The van der Waals surface area contributed by atoms with Crippen LogP contribution >= 0.6 is 0 Å². The van der Waals surface area contributed by atoms with Gasteiger partial charge in [-0.3, -0.25) is 9.59 Å². The largest absolute Gasteiger partial charge is 0.392 e. The number of fused-ring (bicyclic) bond motifs is 2. The highest BCUT2D eigenvalue weighted by molar-refractivity contribution is 5.98. The molecule has 128 valence electrons. The topological polar surface area (TPSA) is 69.6 Å². The van der Waals surface area contributed by atoms with Crippen molar-refractivity contribution in [3.05, 3.63) is 35.4 Å². The molecule has 4 rings (SSSR count).